The van der Waals surface area contributed by atoms with Crippen LogP contribution in [0.15, 0.2) is 42.5 Å². The molecule has 0 radical (unpaired) electrons. The van der Waals surface area contributed by atoms with Crippen LogP contribution in [-0.2, 0) is 4.79 Å². The third-order valence-electron chi connectivity index (χ3n) is 5.97. The summed E-state index contributed by atoms with van der Waals surface area (Å²) < 4.78 is 0. The van der Waals surface area contributed by atoms with Crippen molar-refractivity contribution in [3.8, 4) is 0 Å². The average Bonchev–Trinajstić information content (AvgIpc) is 3.62. The zero-order valence-corrected chi connectivity index (χ0v) is 18.3. The molecule has 0 atom stereocenters. The molecule has 2 fully saturated rings. The van der Waals surface area contributed by atoms with Crippen molar-refractivity contribution in [1.29, 1.82) is 0 Å². The number of nitro groups is 1. The minimum atomic E-state index is -0.476. The first kappa shape index (κ1) is 21.8. The molecule has 2 aromatic carbocycles. The van der Waals surface area contributed by atoms with Gasteiger partial charge in [0.25, 0.3) is 11.6 Å². The van der Waals surface area contributed by atoms with Gasteiger partial charge in [-0.3, -0.25) is 24.6 Å². The van der Waals surface area contributed by atoms with Crippen molar-refractivity contribution in [3.63, 3.8) is 0 Å². The second-order valence-electron chi connectivity index (χ2n) is 8.58. The summed E-state index contributed by atoms with van der Waals surface area (Å²) in [5.41, 5.74) is 2.10. The third-order valence-corrected chi connectivity index (χ3v) is 5.97. The van der Waals surface area contributed by atoms with E-state index < -0.39 is 10.8 Å². The van der Waals surface area contributed by atoms with E-state index in [1.807, 2.05) is 19.1 Å². The quantitative estimate of drug-likeness (QED) is 0.520. The summed E-state index contributed by atoms with van der Waals surface area (Å²) in [6.07, 6.45) is 5.00. The van der Waals surface area contributed by atoms with Crippen molar-refractivity contribution in [2.75, 3.05) is 29.9 Å². The maximum absolute atomic E-state index is 13.5. The number of aryl methyl sites for hydroxylation is 1. The molecule has 1 aliphatic heterocycles. The third kappa shape index (κ3) is 5.07. The number of amides is 2. The lowest BCUT2D eigenvalue weighted by molar-refractivity contribution is -0.384. The number of nitrogens with zero attached hydrogens (tertiary/aromatic N) is 3. The number of nitro benzene ring substituents is 1. The monoisotopic (exact) mass is 436 g/mol. The first-order chi connectivity index (χ1) is 15.4. The Labute approximate surface area is 187 Å². The van der Waals surface area contributed by atoms with E-state index >= 15 is 0 Å². The molecule has 0 spiro atoms. The largest absolute Gasteiger partial charge is 0.377 e. The molecule has 0 unspecified atom stereocenters. The average molecular weight is 437 g/mol. The normalized spacial score (nSPS) is 15.8. The molecule has 0 aromatic heterocycles. The predicted octanol–water partition coefficient (Wildman–Crippen LogP) is 4.14. The fraction of sp³-hybridized carbons (Fsp3) is 0.417. The molecule has 8 nitrogen and oxygen atoms in total. The van der Waals surface area contributed by atoms with Gasteiger partial charge in [-0.15, -0.1) is 0 Å². The molecule has 1 N–H and O–H groups in total. The smallest absolute Gasteiger partial charge is 0.293 e. The minimum Gasteiger partial charge on any atom is -0.377 e. The van der Waals surface area contributed by atoms with Crippen molar-refractivity contribution in [2.24, 2.45) is 0 Å². The number of hydrogen-bond acceptors (Lipinski definition) is 5. The van der Waals surface area contributed by atoms with Crippen LogP contribution in [0.4, 0.5) is 17.1 Å². The number of carbonyl (C=O) groups is 2. The summed E-state index contributed by atoms with van der Waals surface area (Å²) in [7, 11) is 0. The molecular weight excluding hydrogens is 408 g/mol. The molecular formula is C24H28N4O4. The Morgan fingerprint density at radius 2 is 1.78 bits per heavy atom. The van der Waals surface area contributed by atoms with Crippen LogP contribution in [0.1, 0.15) is 48.0 Å². The van der Waals surface area contributed by atoms with E-state index in [1.165, 1.54) is 11.0 Å². The van der Waals surface area contributed by atoms with E-state index in [2.05, 4.69) is 5.32 Å². The van der Waals surface area contributed by atoms with Crippen molar-refractivity contribution in [1.82, 2.24) is 4.90 Å². The molecule has 4 rings (SSSR count). The molecule has 1 saturated heterocycles. The van der Waals surface area contributed by atoms with E-state index in [9.17, 15) is 19.7 Å². The van der Waals surface area contributed by atoms with Gasteiger partial charge in [0.15, 0.2) is 0 Å². The van der Waals surface area contributed by atoms with Crippen molar-refractivity contribution in [2.45, 2.75) is 45.1 Å². The summed E-state index contributed by atoms with van der Waals surface area (Å²) in [6.45, 7) is 3.24. The van der Waals surface area contributed by atoms with Crippen LogP contribution in [0, 0.1) is 17.0 Å². The zero-order chi connectivity index (χ0) is 22.7. The predicted molar refractivity (Wildman–Crippen MR) is 123 cm³/mol. The Kier molecular flexibility index (Phi) is 6.39. The highest BCUT2D eigenvalue weighted by molar-refractivity contribution is 6.09. The first-order valence-electron chi connectivity index (χ1n) is 11.1. The molecule has 2 amide bonds. The number of rotatable bonds is 7. The number of piperidine rings is 1. The van der Waals surface area contributed by atoms with Gasteiger partial charge in [0.1, 0.15) is 12.2 Å². The van der Waals surface area contributed by atoms with Crippen molar-refractivity contribution >= 4 is 28.9 Å². The van der Waals surface area contributed by atoms with Crippen LogP contribution in [0.5, 0.6) is 0 Å². The van der Waals surface area contributed by atoms with Gasteiger partial charge < -0.3 is 10.2 Å². The molecule has 168 valence electrons. The highest BCUT2D eigenvalue weighted by Gasteiger charge is 2.28. The maximum Gasteiger partial charge on any atom is 0.293 e. The van der Waals surface area contributed by atoms with Crippen LogP contribution in [0.25, 0.3) is 0 Å². The van der Waals surface area contributed by atoms with Crippen LogP contribution in [0.2, 0.25) is 0 Å². The van der Waals surface area contributed by atoms with E-state index in [1.54, 1.807) is 29.2 Å². The molecule has 2 aromatic rings. The molecule has 1 saturated carbocycles. The number of nitrogens with one attached hydrogen (secondary N) is 1. The first-order valence-corrected chi connectivity index (χ1v) is 11.1. The zero-order valence-electron chi connectivity index (χ0n) is 18.3. The van der Waals surface area contributed by atoms with Gasteiger partial charge >= 0.3 is 0 Å². The van der Waals surface area contributed by atoms with Gasteiger partial charge in [0, 0.05) is 36.4 Å². The van der Waals surface area contributed by atoms with Crippen LogP contribution in [0.3, 0.4) is 0 Å². The lowest BCUT2D eigenvalue weighted by atomic mass is 10.1. The summed E-state index contributed by atoms with van der Waals surface area (Å²) in [5.74, 6) is -0.541. The molecule has 1 aliphatic carbocycles. The van der Waals surface area contributed by atoms with Gasteiger partial charge in [-0.2, -0.15) is 0 Å². The topological polar surface area (TPSA) is 95.8 Å². The van der Waals surface area contributed by atoms with E-state index in [-0.39, 0.29) is 29.7 Å². The molecule has 32 heavy (non-hydrogen) atoms. The Morgan fingerprint density at radius 3 is 2.41 bits per heavy atom. The summed E-state index contributed by atoms with van der Waals surface area (Å²) in [4.78, 5) is 40.8. The second-order valence-corrected chi connectivity index (χ2v) is 8.58. The van der Waals surface area contributed by atoms with Gasteiger partial charge in [-0.1, -0.05) is 17.7 Å². The van der Waals surface area contributed by atoms with Gasteiger partial charge in [-0.05, 0) is 63.3 Å². The SMILES string of the molecule is Cc1ccc(N(CC(=O)N2CCCCC2)C(=O)c2ccc(NC3CC3)c([N+](=O)[O-])c2)cc1. The van der Waals surface area contributed by atoms with Crippen LogP contribution < -0.4 is 10.2 Å². The summed E-state index contributed by atoms with van der Waals surface area (Å²) >= 11 is 0. The van der Waals surface area contributed by atoms with Gasteiger partial charge in [-0.25, -0.2) is 0 Å². The summed E-state index contributed by atoms with van der Waals surface area (Å²) in [6, 6.07) is 12.1. The minimum absolute atomic E-state index is 0.0994. The Balaban J connectivity index is 1.62. The lowest BCUT2D eigenvalue weighted by Crippen LogP contribution is -2.45. The van der Waals surface area contributed by atoms with E-state index in [0.29, 0.717) is 24.5 Å². The fourth-order valence-corrected chi connectivity index (χ4v) is 3.92. The highest BCUT2D eigenvalue weighted by Crippen LogP contribution is 2.32. The van der Waals surface area contributed by atoms with Crippen LogP contribution >= 0.6 is 0 Å². The molecule has 8 heteroatoms. The Hall–Kier alpha value is -3.42. The highest BCUT2D eigenvalue weighted by atomic mass is 16.6. The van der Waals surface area contributed by atoms with Gasteiger partial charge in [0.2, 0.25) is 5.91 Å². The fourth-order valence-electron chi connectivity index (χ4n) is 3.92. The number of hydrogen-bond donors (Lipinski definition) is 1. The Morgan fingerprint density at radius 1 is 1.09 bits per heavy atom. The number of likely N-dealkylation sites (tertiary alicyclic amines) is 1. The van der Waals surface area contributed by atoms with Gasteiger partial charge in [0.05, 0.1) is 4.92 Å². The van der Waals surface area contributed by atoms with Crippen molar-refractivity contribution < 1.29 is 14.5 Å². The molecule has 0 bridgehead atoms. The number of benzene rings is 2. The second kappa shape index (κ2) is 9.38. The maximum atomic E-state index is 13.5. The number of anilines is 2. The lowest BCUT2D eigenvalue weighted by Gasteiger charge is -2.30. The van der Waals surface area contributed by atoms with E-state index in [4.69, 9.17) is 0 Å². The Bertz CT molecular complexity index is 1010. The van der Waals surface area contributed by atoms with Crippen molar-refractivity contribution in [3.05, 3.63) is 63.7 Å². The number of carbonyl (C=O) groups excluding carboxylic acids is 2. The summed E-state index contributed by atoms with van der Waals surface area (Å²) in [5, 5.41) is 14.8. The standard InChI is InChI=1S/C24H28N4O4/c1-17-5-10-20(11-6-17)27(16-23(29)26-13-3-2-4-14-26)24(30)18-7-12-21(25-19-8-9-19)22(15-18)28(31)32/h5-7,10-12,15,19,25H,2-4,8-9,13-14,16H2,1H3. The van der Waals surface area contributed by atoms with Crippen LogP contribution in [-0.4, -0.2) is 47.3 Å². The van der Waals surface area contributed by atoms with E-state index in [0.717, 1.165) is 37.7 Å². The molecule has 2 aliphatic rings. The molecule has 1 heterocycles.